The molecule has 7 heteroatoms. The van der Waals surface area contributed by atoms with Gasteiger partial charge in [0, 0.05) is 12.1 Å². The van der Waals surface area contributed by atoms with Crippen molar-refractivity contribution < 1.29 is 14.4 Å². The van der Waals surface area contributed by atoms with Crippen molar-refractivity contribution in [2.45, 2.75) is 13.0 Å². The number of hydrogen-bond donors (Lipinski definition) is 1. The first-order valence-corrected chi connectivity index (χ1v) is 9.27. The van der Waals surface area contributed by atoms with E-state index in [9.17, 15) is 4.79 Å². The summed E-state index contributed by atoms with van der Waals surface area (Å²) < 4.78 is 5.37. The molecule has 5 nitrogen and oxygen atoms in total. The molecular weight excluding hydrogens is 385 g/mol. The Labute approximate surface area is 169 Å². The Morgan fingerprint density at radius 2 is 1.96 bits per heavy atom. The van der Waals surface area contributed by atoms with Crippen molar-refractivity contribution in [1.82, 2.24) is 0 Å². The van der Waals surface area contributed by atoms with Crippen LogP contribution in [0, 0.1) is 11.3 Å². The number of ether oxygens (including phenoxy) is 1. The van der Waals surface area contributed by atoms with Crippen LogP contribution in [0.2, 0.25) is 10.0 Å². The molecule has 1 N–H and O–H groups in total. The number of para-hydroxylation sites is 2. The number of nitrogens with one attached hydrogen (secondary N) is 1. The van der Waals surface area contributed by atoms with Gasteiger partial charge in [0.2, 0.25) is 0 Å². The maximum atomic E-state index is 12.9. The Hall–Kier alpha value is -2.26. The number of hydrogen-bond acceptors (Lipinski definition) is 3. The Balaban J connectivity index is 2.12. The average Bonchev–Trinajstić information content (AvgIpc) is 2.65. The lowest BCUT2D eigenvalue weighted by atomic mass is 10.2. The molecule has 1 amide bonds. The number of nitriles is 1. The predicted molar refractivity (Wildman–Crippen MR) is 107 cm³/mol. The van der Waals surface area contributed by atoms with Gasteiger partial charge in [0.15, 0.2) is 6.54 Å². The van der Waals surface area contributed by atoms with Gasteiger partial charge in [0.05, 0.1) is 42.4 Å². The molecule has 142 valence electrons. The number of halogens is 2. The normalized spacial score (nSPS) is 11.5. The van der Waals surface area contributed by atoms with Crippen LogP contribution in [0.5, 0.6) is 5.75 Å². The minimum absolute atomic E-state index is 0.0766. The second kappa shape index (κ2) is 10.2. The van der Waals surface area contributed by atoms with Crippen LogP contribution in [-0.2, 0) is 11.3 Å². The number of benzene rings is 2. The van der Waals surface area contributed by atoms with Crippen LogP contribution in [0.15, 0.2) is 42.5 Å². The van der Waals surface area contributed by atoms with Crippen LogP contribution in [0.3, 0.4) is 0 Å². The van der Waals surface area contributed by atoms with Crippen LogP contribution in [0.25, 0.3) is 0 Å². The zero-order valence-electron chi connectivity index (χ0n) is 15.3. The molecule has 0 saturated carbocycles. The van der Waals surface area contributed by atoms with Gasteiger partial charge in [-0.2, -0.15) is 5.26 Å². The largest absolute Gasteiger partial charge is 0.495 e. The summed E-state index contributed by atoms with van der Waals surface area (Å²) in [6, 6.07) is 14.9. The molecule has 2 rings (SSSR count). The molecule has 0 fully saturated rings. The van der Waals surface area contributed by atoms with Crippen LogP contribution in [-0.4, -0.2) is 33.2 Å². The highest BCUT2D eigenvalue weighted by Crippen LogP contribution is 2.27. The summed E-state index contributed by atoms with van der Waals surface area (Å²) in [5.41, 5.74) is 1.66. The standard InChI is InChI=1S/C20H21Cl2N3O2/c1-24(13-15-8-9-16(21)17(22)12-15)14-20(26)25(11-5-10-23)18-6-3-4-7-19(18)27-2/h3-4,6-9,12H,5,11,13-14H2,1-2H3/p+1. The van der Waals surface area contributed by atoms with E-state index in [1.165, 1.54) is 0 Å². The van der Waals surface area contributed by atoms with Crippen LogP contribution in [0.1, 0.15) is 12.0 Å². The third kappa shape index (κ3) is 5.86. The zero-order chi connectivity index (χ0) is 19.8. The molecule has 0 heterocycles. The van der Waals surface area contributed by atoms with Gasteiger partial charge >= 0.3 is 0 Å². The second-order valence-electron chi connectivity index (χ2n) is 6.18. The number of likely N-dealkylation sites (N-methyl/N-ethyl adjacent to an activating group) is 1. The molecule has 2 aromatic carbocycles. The quantitative estimate of drug-likeness (QED) is 0.732. The van der Waals surface area contributed by atoms with Crippen LogP contribution < -0.4 is 14.5 Å². The molecule has 0 aliphatic carbocycles. The van der Waals surface area contributed by atoms with Crippen molar-refractivity contribution in [3.63, 3.8) is 0 Å². The van der Waals surface area contributed by atoms with Crippen molar-refractivity contribution in [3.8, 4) is 11.8 Å². The summed E-state index contributed by atoms with van der Waals surface area (Å²) in [4.78, 5) is 15.5. The lowest BCUT2D eigenvalue weighted by Gasteiger charge is -2.25. The van der Waals surface area contributed by atoms with Crippen molar-refractivity contribution >= 4 is 34.8 Å². The lowest BCUT2D eigenvalue weighted by molar-refractivity contribution is -0.885. The maximum Gasteiger partial charge on any atom is 0.282 e. The number of carbonyl (C=O) groups excluding carboxylic acids is 1. The van der Waals surface area contributed by atoms with Crippen LogP contribution >= 0.6 is 23.2 Å². The molecule has 0 radical (unpaired) electrons. The van der Waals surface area contributed by atoms with Gasteiger partial charge in [-0.1, -0.05) is 41.4 Å². The highest BCUT2D eigenvalue weighted by molar-refractivity contribution is 6.42. The molecule has 1 unspecified atom stereocenters. The Bertz CT molecular complexity index is 836. The highest BCUT2D eigenvalue weighted by Gasteiger charge is 2.22. The maximum absolute atomic E-state index is 12.9. The van der Waals surface area contributed by atoms with E-state index in [1.54, 1.807) is 24.1 Å². The Morgan fingerprint density at radius 1 is 1.22 bits per heavy atom. The molecule has 27 heavy (non-hydrogen) atoms. The Morgan fingerprint density at radius 3 is 2.63 bits per heavy atom. The minimum Gasteiger partial charge on any atom is -0.495 e. The molecule has 1 atom stereocenters. The third-order valence-electron chi connectivity index (χ3n) is 4.07. The van der Waals surface area contributed by atoms with E-state index in [2.05, 4.69) is 6.07 Å². The zero-order valence-corrected chi connectivity index (χ0v) is 16.8. The fraction of sp³-hybridized carbons (Fsp3) is 0.300. The molecule has 0 aliphatic rings. The van der Waals surface area contributed by atoms with E-state index in [0.717, 1.165) is 10.5 Å². The number of anilines is 1. The van der Waals surface area contributed by atoms with Gasteiger partial charge in [0.25, 0.3) is 5.91 Å². The highest BCUT2D eigenvalue weighted by atomic mass is 35.5. The van der Waals surface area contributed by atoms with E-state index in [4.69, 9.17) is 33.2 Å². The first-order chi connectivity index (χ1) is 13.0. The summed E-state index contributed by atoms with van der Waals surface area (Å²) in [5, 5.41) is 9.95. The number of quaternary nitrogens is 1. The summed E-state index contributed by atoms with van der Waals surface area (Å²) in [6.45, 7) is 1.21. The van der Waals surface area contributed by atoms with E-state index >= 15 is 0 Å². The number of amides is 1. The topological polar surface area (TPSA) is 57.8 Å². The fourth-order valence-corrected chi connectivity index (χ4v) is 3.13. The minimum atomic E-state index is -0.0766. The summed E-state index contributed by atoms with van der Waals surface area (Å²) in [6.07, 6.45) is 0.246. The second-order valence-corrected chi connectivity index (χ2v) is 7.00. The van der Waals surface area contributed by atoms with E-state index in [0.29, 0.717) is 34.6 Å². The number of methoxy groups -OCH3 is 1. The molecule has 0 aliphatic heterocycles. The van der Waals surface area contributed by atoms with Gasteiger partial charge in [-0.15, -0.1) is 0 Å². The van der Waals surface area contributed by atoms with Crippen molar-refractivity contribution in [3.05, 3.63) is 58.1 Å². The number of nitrogens with zero attached hydrogens (tertiary/aromatic N) is 2. The molecule has 0 bridgehead atoms. The van der Waals surface area contributed by atoms with Crippen LogP contribution in [0.4, 0.5) is 5.69 Å². The summed E-state index contributed by atoms with van der Waals surface area (Å²) >= 11 is 12.0. The van der Waals surface area contributed by atoms with Gasteiger partial charge in [0.1, 0.15) is 12.3 Å². The van der Waals surface area contributed by atoms with Crippen molar-refractivity contribution in [2.24, 2.45) is 0 Å². The first kappa shape index (κ1) is 21.0. The molecule has 0 saturated heterocycles. The number of carbonyl (C=O) groups is 1. The van der Waals surface area contributed by atoms with Gasteiger partial charge < -0.3 is 14.5 Å². The SMILES string of the molecule is COc1ccccc1N(CCC#N)C(=O)C[NH+](C)Cc1ccc(Cl)c(Cl)c1. The molecular formula is C20H22Cl2N3O2+. The smallest absolute Gasteiger partial charge is 0.282 e. The predicted octanol–water partition coefficient (Wildman–Crippen LogP) is 2.96. The fourth-order valence-electron chi connectivity index (χ4n) is 2.81. The first-order valence-electron chi connectivity index (χ1n) is 8.51. The monoisotopic (exact) mass is 406 g/mol. The number of rotatable bonds is 8. The van der Waals surface area contributed by atoms with Gasteiger partial charge in [-0.25, -0.2) is 0 Å². The molecule has 0 spiro atoms. The van der Waals surface area contributed by atoms with E-state index in [1.807, 2.05) is 37.4 Å². The van der Waals surface area contributed by atoms with Crippen molar-refractivity contribution in [2.75, 3.05) is 32.1 Å². The van der Waals surface area contributed by atoms with E-state index < -0.39 is 0 Å². The van der Waals surface area contributed by atoms with Gasteiger partial charge in [-0.3, -0.25) is 4.79 Å². The average molecular weight is 407 g/mol. The third-order valence-corrected chi connectivity index (χ3v) is 4.81. The van der Waals surface area contributed by atoms with Crippen molar-refractivity contribution in [1.29, 1.82) is 5.26 Å². The molecule has 2 aromatic rings. The lowest BCUT2D eigenvalue weighted by Crippen LogP contribution is -3.09. The summed E-state index contributed by atoms with van der Waals surface area (Å²) in [5.74, 6) is 0.526. The van der Waals surface area contributed by atoms with Gasteiger partial charge in [-0.05, 0) is 24.3 Å². The summed E-state index contributed by atoms with van der Waals surface area (Å²) in [7, 11) is 3.50. The molecule has 0 aromatic heterocycles. The van der Waals surface area contributed by atoms with E-state index in [-0.39, 0.29) is 18.9 Å². The Kier molecular flexibility index (Phi) is 7.93.